The number of aromatic nitrogens is 1. The summed E-state index contributed by atoms with van der Waals surface area (Å²) in [6, 6.07) is 3.56. The van der Waals surface area contributed by atoms with E-state index in [1.165, 1.54) is 0 Å². The molecule has 0 fully saturated rings. The highest BCUT2D eigenvalue weighted by molar-refractivity contribution is 5.82. The van der Waals surface area contributed by atoms with Crippen molar-refractivity contribution in [2.75, 3.05) is 0 Å². The second-order valence-corrected chi connectivity index (χ2v) is 3.53. The highest BCUT2D eigenvalue weighted by Crippen LogP contribution is 2.35. The van der Waals surface area contributed by atoms with Crippen molar-refractivity contribution in [2.45, 2.75) is 24.9 Å². The van der Waals surface area contributed by atoms with E-state index < -0.39 is 6.10 Å². The predicted molar refractivity (Wildman–Crippen MR) is 50.4 cm³/mol. The molecule has 3 N–H and O–H groups in total. The Labute approximate surface area is 81.8 Å². The standard InChI is InChI=1S/C10H12N2O2/c11-10(14)7-3-4-8(13)9-6(7)2-1-5-12-9/h1-2,5,7-8,13H,3-4H2,(H2,11,14). The third-order valence-corrected chi connectivity index (χ3v) is 2.63. The van der Waals surface area contributed by atoms with Crippen LogP contribution in [0.3, 0.4) is 0 Å². The third kappa shape index (κ3) is 1.37. The number of hydrogen-bond donors (Lipinski definition) is 2. The summed E-state index contributed by atoms with van der Waals surface area (Å²) in [5.41, 5.74) is 6.66. The first-order valence-corrected chi connectivity index (χ1v) is 4.62. The number of nitrogens with two attached hydrogens (primary N) is 1. The van der Waals surface area contributed by atoms with Crippen molar-refractivity contribution in [2.24, 2.45) is 5.73 Å². The quantitative estimate of drug-likeness (QED) is 0.679. The van der Waals surface area contributed by atoms with Gasteiger partial charge in [0.2, 0.25) is 5.91 Å². The summed E-state index contributed by atoms with van der Waals surface area (Å²) in [5.74, 6) is -0.631. The summed E-state index contributed by atoms with van der Waals surface area (Å²) in [6.07, 6.45) is 2.22. The summed E-state index contributed by atoms with van der Waals surface area (Å²) in [6.45, 7) is 0. The minimum Gasteiger partial charge on any atom is -0.387 e. The van der Waals surface area contributed by atoms with Crippen molar-refractivity contribution >= 4 is 5.91 Å². The van der Waals surface area contributed by atoms with E-state index in [0.717, 1.165) is 5.56 Å². The average molecular weight is 192 g/mol. The molecule has 2 unspecified atom stereocenters. The Kier molecular flexibility index (Phi) is 2.21. The molecule has 2 atom stereocenters. The largest absolute Gasteiger partial charge is 0.387 e. The topological polar surface area (TPSA) is 76.2 Å². The van der Waals surface area contributed by atoms with Gasteiger partial charge >= 0.3 is 0 Å². The number of primary amides is 1. The number of hydrogen-bond acceptors (Lipinski definition) is 3. The van der Waals surface area contributed by atoms with Crippen molar-refractivity contribution in [3.63, 3.8) is 0 Å². The molecule has 4 heteroatoms. The Hall–Kier alpha value is -1.42. The fraction of sp³-hybridized carbons (Fsp3) is 0.400. The van der Waals surface area contributed by atoms with Crippen LogP contribution in [0, 0.1) is 0 Å². The molecule has 0 aliphatic heterocycles. The molecule has 1 heterocycles. The highest BCUT2D eigenvalue weighted by Gasteiger charge is 2.29. The van der Waals surface area contributed by atoms with Crippen LogP contribution in [0.1, 0.15) is 36.1 Å². The van der Waals surface area contributed by atoms with Gasteiger partial charge in [0, 0.05) is 6.20 Å². The number of aliphatic hydroxyl groups is 1. The molecule has 2 rings (SSSR count). The molecular formula is C10H12N2O2. The van der Waals surface area contributed by atoms with Crippen molar-refractivity contribution in [1.82, 2.24) is 4.98 Å². The minimum atomic E-state index is -0.554. The molecular weight excluding hydrogens is 180 g/mol. The van der Waals surface area contributed by atoms with Gasteiger partial charge in [-0.25, -0.2) is 0 Å². The maximum absolute atomic E-state index is 11.1. The van der Waals surface area contributed by atoms with E-state index >= 15 is 0 Å². The molecule has 4 nitrogen and oxygen atoms in total. The lowest BCUT2D eigenvalue weighted by molar-refractivity contribution is -0.120. The number of amides is 1. The zero-order chi connectivity index (χ0) is 10.1. The minimum absolute atomic E-state index is 0.290. The number of rotatable bonds is 1. The number of pyridine rings is 1. The average Bonchev–Trinajstić information content (AvgIpc) is 2.18. The molecule has 0 aromatic carbocycles. The van der Waals surface area contributed by atoms with Crippen LogP contribution in [0.4, 0.5) is 0 Å². The van der Waals surface area contributed by atoms with Crippen LogP contribution in [-0.4, -0.2) is 16.0 Å². The molecule has 0 saturated carbocycles. The van der Waals surface area contributed by atoms with Gasteiger partial charge in [0.1, 0.15) is 0 Å². The van der Waals surface area contributed by atoms with Crippen LogP contribution in [0.25, 0.3) is 0 Å². The Morgan fingerprint density at radius 2 is 2.36 bits per heavy atom. The second-order valence-electron chi connectivity index (χ2n) is 3.53. The first-order valence-electron chi connectivity index (χ1n) is 4.62. The zero-order valence-electron chi connectivity index (χ0n) is 7.68. The summed E-state index contributed by atoms with van der Waals surface area (Å²) in [7, 11) is 0. The zero-order valence-corrected chi connectivity index (χ0v) is 7.68. The van der Waals surface area contributed by atoms with Crippen molar-refractivity contribution in [3.8, 4) is 0 Å². The van der Waals surface area contributed by atoms with Crippen LogP contribution in [0.2, 0.25) is 0 Å². The van der Waals surface area contributed by atoms with E-state index in [1.807, 2.05) is 0 Å². The van der Waals surface area contributed by atoms with Crippen LogP contribution in [-0.2, 0) is 4.79 Å². The monoisotopic (exact) mass is 192 g/mol. The van der Waals surface area contributed by atoms with Gasteiger partial charge in [-0.15, -0.1) is 0 Å². The lowest BCUT2D eigenvalue weighted by Gasteiger charge is -2.25. The molecule has 1 aliphatic carbocycles. The van der Waals surface area contributed by atoms with Gasteiger partial charge in [-0.3, -0.25) is 9.78 Å². The van der Waals surface area contributed by atoms with Crippen LogP contribution in [0.15, 0.2) is 18.3 Å². The maximum atomic E-state index is 11.1. The highest BCUT2D eigenvalue weighted by atomic mass is 16.3. The SMILES string of the molecule is NC(=O)C1CCC(O)c2ncccc21. The Morgan fingerprint density at radius 1 is 1.57 bits per heavy atom. The van der Waals surface area contributed by atoms with Gasteiger partial charge in [-0.05, 0) is 24.5 Å². The second kappa shape index (κ2) is 3.38. The van der Waals surface area contributed by atoms with Crippen LogP contribution in [0.5, 0.6) is 0 Å². The van der Waals surface area contributed by atoms with Crippen molar-refractivity contribution < 1.29 is 9.90 Å². The number of carbonyl (C=O) groups excluding carboxylic acids is 1. The first-order chi connectivity index (χ1) is 6.70. The van der Waals surface area contributed by atoms with Crippen molar-refractivity contribution in [1.29, 1.82) is 0 Å². The molecule has 74 valence electrons. The Bertz CT molecular complexity index is 365. The summed E-state index contributed by atoms with van der Waals surface area (Å²) >= 11 is 0. The fourth-order valence-corrected chi connectivity index (χ4v) is 1.92. The maximum Gasteiger partial charge on any atom is 0.225 e. The van der Waals surface area contributed by atoms with Gasteiger partial charge in [0.25, 0.3) is 0 Å². The van der Waals surface area contributed by atoms with Crippen molar-refractivity contribution in [3.05, 3.63) is 29.6 Å². The van der Waals surface area contributed by atoms with E-state index in [2.05, 4.69) is 4.98 Å². The van der Waals surface area contributed by atoms with Crippen LogP contribution >= 0.6 is 0 Å². The Balaban J connectivity index is 2.46. The van der Waals surface area contributed by atoms with E-state index in [-0.39, 0.29) is 11.8 Å². The predicted octanol–water partition coefficient (Wildman–Crippen LogP) is 0.478. The van der Waals surface area contributed by atoms with E-state index in [0.29, 0.717) is 18.5 Å². The molecule has 1 aliphatic rings. The molecule has 1 aromatic rings. The summed E-state index contributed by atoms with van der Waals surface area (Å²) < 4.78 is 0. The number of carbonyl (C=O) groups is 1. The number of aliphatic hydroxyl groups excluding tert-OH is 1. The van der Waals surface area contributed by atoms with Gasteiger partial charge < -0.3 is 10.8 Å². The smallest absolute Gasteiger partial charge is 0.225 e. The number of nitrogens with zero attached hydrogens (tertiary/aromatic N) is 1. The molecule has 1 aromatic heterocycles. The van der Waals surface area contributed by atoms with E-state index in [4.69, 9.17) is 5.73 Å². The van der Waals surface area contributed by atoms with Gasteiger partial charge in [-0.2, -0.15) is 0 Å². The van der Waals surface area contributed by atoms with E-state index in [1.54, 1.807) is 18.3 Å². The molecule has 0 radical (unpaired) electrons. The third-order valence-electron chi connectivity index (χ3n) is 2.63. The molecule has 0 spiro atoms. The summed E-state index contributed by atoms with van der Waals surface area (Å²) in [5, 5.41) is 9.65. The number of fused-ring (bicyclic) bond motifs is 1. The van der Waals surface area contributed by atoms with Gasteiger partial charge in [0.15, 0.2) is 0 Å². The lowest BCUT2D eigenvalue weighted by Crippen LogP contribution is -2.27. The molecule has 1 amide bonds. The lowest BCUT2D eigenvalue weighted by atomic mass is 9.84. The first kappa shape index (κ1) is 9.15. The van der Waals surface area contributed by atoms with Gasteiger partial charge in [0.05, 0.1) is 17.7 Å². The summed E-state index contributed by atoms with van der Waals surface area (Å²) in [4.78, 5) is 15.2. The fourth-order valence-electron chi connectivity index (χ4n) is 1.92. The molecule has 0 bridgehead atoms. The van der Waals surface area contributed by atoms with Gasteiger partial charge in [-0.1, -0.05) is 6.07 Å². The molecule has 0 saturated heterocycles. The van der Waals surface area contributed by atoms with E-state index in [9.17, 15) is 9.90 Å². The Morgan fingerprint density at radius 3 is 3.07 bits per heavy atom. The molecule has 14 heavy (non-hydrogen) atoms. The normalized spacial score (nSPS) is 25.5. The van der Waals surface area contributed by atoms with Crippen LogP contribution < -0.4 is 5.73 Å².